The fourth-order valence-electron chi connectivity index (χ4n) is 1.36. The van der Waals surface area contributed by atoms with Crippen molar-refractivity contribution < 1.29 is 19.8 Å². The number of nitrogens with zero attached hydrogens (tertiary/aromatic N) is 2. The van der Waals surface area contributed by atoms with E-state index in [1.54, 1.807) is 12.1 Å². The summed E-state index contributed by atoms with van der Waals surface area (Å²) in [7, 11) is 0. The van der Waals surface area contributed by atoms with Crippen LogP contribution in [0.1, 0.15) is 20.7 Å². The van der Waals surface area contributed by atoms with Crippen molar-refractivity contribution in [2.75, 3.05) is 0 Å². The minimum atomic E-state index is -1.08. The van der Waals surface area contributed by atoms with Crippen LogP contribution in [0.5, 0.6) is 0 Å². The summed E-state index contributed by atoms with van der Waals surface area (Å²) in [6.45, 7) is 0. The molecule has 0 amide bonds. The second kappa shape index (κ2) is 4.09. The summed E-state index contributed by atoms with van der Waals surface area (Å²) in [6.07, 6.45) is 2.53. The van der Waals surface area contributed by atoms with Crippen LogP contribution < -0.4 is 0 Å². The second-order valence-electron chi connectivity index (χ2n) is 3.33. The molecule has 0 saturated carbocycles. The van der Waals surface area contributed by atoms with Crippen molar-refractivity contribution in [2.45, 2.75) is 0 Å². The van der Waals surface area contributed by atoms with E-state index in [-0.39, 0.29) is 11.1 Å². The Morgan fingerprint density at radius 1 is 1.12 bits per heavy atom. The largest absolute Gasteiger partial charge is 0.478 e. The van der Waals surface area contributed by atoms with E-state index in [1.807, 2.05) is 0 Å². The van der Waals surface area contributed by atoms with Gasteiger partial charge < -0.3 is 10.2 Å². The zero-order valence-electron chi connectivity index (χ0n) is 8.57. The molecule has 0 aliphatic rings. The van der Waals surface area contributed by atoms with Crippen molar-refractivity contribution in [1.29, 1.82) is 0 Å². The Morgan fingerprint density at radius 3 is 2.41 bits per heavy atom. The molecule has 2 N–H and O–H groups in total. The fraction of sp³-hybridized carbons (Fsp3) is 0. The molecule has 0 spiro atoms. The van der Waals surface area contributed by atoms with Crippen molar-refractivity contribution in [2.24, 2.45) is 0 Å². The lowest BCUT2D eigenvalue weighted by Gasteiger charge is -2.01. The molecule has 1 aromatic carbocycles. The number of hydrogen-bond donors (Lipinski definition) is 2. The molecular weight excluding hydrogens is 224 g/mol. The van der Waals surface area contributed by atoms with Crippen molar-refractivity contribution >= 4 is 11.9 Å². The molecule has 1 heterocycles. The summed E-state index contributed by atoms with van der Waals surface area (Å²) >= 11 is 0. The monoisotopic (exact) mass is 232 g/mol. The van der Waals surface area contributed by atoms with Gasteiger partial charge >= 0.3 is 11.9 Å². The minimum Gasteiger partial charge on any atom is -0.478 e. The van der Waals surface area contributed by atoms with Crippen LogP contribution in [0.4, 0.5) is 0 Å². The van der Waals surface area contributed by atoms with E-state index in [4.69, 9.17) is 10.2 Å². The molecule has 0 saturated heterocycles. The first-order chi connectivity index (χ1) is 8.08. The van der Waals surface area contributed by atoms with E-state index >= 15 is 0 Å². The Morgan fingerprint density at radius 2 is 1.82 bits per heavy atom. The summed E-state index contributed by atoms with van der Waals surface area (Å²) in [5.41, 5.74) is 0.665. The molecule has 0 bridgehead atoms. The van der Waals surface area contributed by atoms with Gasteiger partial charge in [0.05, 0.1) is 23.0 Å². The van der Waals surface area contributed by atoms with Gasteiger partial charge in [0, 0.05) is 6.20 Å². The highest BCUT2D eigenvalue weighted by atomic mass is 16.4. The molecule has 2 rings (SSSR count). The lowest BCUT2D eigenvalue weighted by atomic mass is 10.2. The maximum absolute atomic E-state index is 10.8. The van der Waals surface area contributed by atoms with E-state index in [0.29, 0.717) is 5.69 Å². The summed E-state index contributed by atoms with van der Waals surface area (Å²) in [6, 6.07) is 6.08. The molecule has 0 atom stereocenters. The standard InChI is InChI=1S/C11H8N2O4/c14-10(15)7-2-1-3-9(4-7)13-6-8(5-12-13)11(16)17/h1-6H,(H,14,15)(H,16,17). The number of carboxylic acids is 2. The first kappa shape index (κ1) is 10.9. The number of benzene rings is 1. The summed E-state index contributed by atoms with van der Waals surface area (Å²) in [5, 5.41) is 21.4. The highest BCUT2D eigenvalue weighted by Gasteiger charge is 2.08. The third kappa shape index (κ3) is 2.15. The van der Waals surface area contributed by atoms with Crippen LogP contribution in [-0.4, -0.2) is 31.9 Å². The van der Waals surface area contributed by atoms with Crippen molar-refractivity contribution in [3.8, 4) is 5.69 Å². The van der Waals surface area contributed by atoms with Crippen LogP contribution in [0.15, 0.2) is 36.7 Å². The van der Waals surface area contributed by atoms with Gasteiger partial charge in [-0.25, -0.2) is 14.3 Å². The van der Waals surface area contributed by atoms with Gasteiger partial charge in [-0.2, -0.15) is 5.10 Å². The number of carboxylic acid groups (broad SMARTS) is 2. The Hall–Kier alpha value is -2.63. The minimum absolute atomic E-state index is 0.0470. The number of carbonyl (C=O) groups is 2. The lowest BCUT2D eigenvalue weighted by Crippen LogP contribution is -2.00. The Labute approximate surface area is 95.7 Å². The van der Waals surface area contributed by atoms with Gasteiger partial charge in [0.25, 0.3) is 0 Å². The molecule has 17 heavy (non-hydrogen) atoms. The molecule has 86 valence electrons. The van der Waals surface area contributed by atoms with Crippen molar-refractivity contribution in [3.63, 3.8) is 0 Å². The third-order valence-electron chi connectivity index (χ3n) is 2.19. The van der Waals surface area contributed by atoms with E-state index in [9.17, 15) is 9.59 Å². The Balaban J connectivity index is 2.42. The van der Waals surface area contributed by atoms with Crippen LogP contribution in [0, 0.1) is 0 Å². The SMILES string of the molecule is O=C(O)c1cccc(-n2cc(C(=O)O)cn2)c1. The van der Waals surface area contributed by atoms with Crippen molar-refractivity contribution in [1.82, 2.24) is 9.78 Å². The van der Waals surface area contributed by atoms with Crippen LogP contribution in [-0.2, 0) is 0 Å². The van der Waals surface area contributed by atoms with Gasteiger partial charge in [-0.3, -0.25) is 0 Å². The van der Waals surface area contributed by atoms with Crippen LogP contribution in [0.2, 0.25) is 0 Å². The number of aromatic carboxylic acids is 2. The highest BCUT2D eigenvalue weighted by molar-refractivity contribution is 5.88. The average molecular weight is 232 g/mol. The summed E-state index contributed by atoms with van der Waals surface area (Å²) in [4.78, 5) is 21.4. The van der Waals surface area contributed by atoms with E-state index < -0.39 is 11.9 Å². The number of aromatic nitrogens is 2. The molecule has 0 aliphatic carbocycles. The summed E-state index contributed by atoms with van der Waals surface area (Å²) < 4.78 is 1.32. The van der Waals surface area contributed by atoms with Crippen LogP contribution in [0.3, 0.4) is 0 Å². The zero-order valence-corrected chi connectivity index (χ0v) is 8.57. The quantitative estimate of drug-likeness (QED) is 0.831. The lowest BCUT2D eigenvalue weighted by molar-refractivity contribution is 0.0685. The van der Waals surface area contributed by atoms with Gasteiger partial charge in [0.1, 0.15) is 0 Å². The topological polar surface area (TPSA) is 92.4 Å². The van der Waals surface area contributed by atoms with E-state index in [1.165, 1.54) is 29.2 Å². The van der Waals surface area contributed by atoms with Crippen LogP contribution >= 0.6 is 0 Å². The maximum Gasteiger partial charge on any atom is 0.338 e. The smallest absolute Gasteiger partial charge is 0.338 e. The summed E-state index contributed by atoms with van der Waals surface area (Å²) in [5.74, 6) is -2.12. The molecule has 0 fully saturated rings. The van der Waals surface area contributed by atoms with Gasteiger partial charge in [-0.1, -0.05) is 6.07 Å². The second-order valence-corrected chi connectivity index (χ2v) is 3.33. The normalized spacial score (nSPS) is 10.1. The van der Waals surface area contributed by atoms with Gasteiger partial charge in [0.15, 0.2) is 0 Å². The molecule has 1 aromatic heterocycles. The molecular formula is C11H8N2O4. The van der Waals surface area contributed by atoms with E-state index in [0.717, 1.165) is 0 Å². The Bertz CT molecular complexity index is 589. The molecule has 0 aliphatic heterocycles. The predicted molar refractivity (Wildman–Crippen MR) is 57.5 cm³/mol. The number of hydrogen-bond acceptors (Lipinski definition) is 3. The third-order valence-corrected chi connectivity index (χ3v) is 2.19. The zero-order chi connectivity index (χ0) is 12.4. The van der Waals surface area contributed by atoms with Gasteiger partial charge in [0.2, 0.25) is 0 Å². The molecule has 2 aromatic rings. The predicted octanol–water partition coefficient (Wildman–Crippen LogP) is 1.27. The van der Waals surface area contributed by atoms with Crippen molar-refractivity contribution in [3.05, 3.63) is 47.8 Å². The molecule has 0 unspecified atom stereocenters. The van der Waals surface area contributed by atoms with Crippen LogP contribution in [0.25, 0.3) is 5.69 Å². The highest BCUT2D eigenvalue weighted by Crippen LogP contribution is 2.11. The first-order valence-electron chi connectivity index (χ1n) is 4.69. The fourth-order valence-corrected chi connectivity index (χ4v) is 1.36. The number of rotatable bonds is 3. The Kier molecular flexibility index (Phi) is 2.61. The average Bonchev–Trinajstić information content (AvgIpc) is 2.78. The van der Waals surface area contributed by atoms with Gasteiger partial charge in [-0.15, -0.1) is 0 Å². The van der Waals surface area contributed by atoms with E-state index in [2.05, 4.69) is 5.10 Å². The molecule has 6 heteroatoms. The van der Waals surface area contributed by atoms with Gasteiger partial charge in [-0.05, 0) is 18.2 Å². The molecule has 0 radical (unpaired) electrons. The molecule has 6 nitrogen and oxygen atoms in total. The maximum atomic E-state index is 10.8. The first-order valence-corrected chi connectivity index (χ1v) is 4.69.